The number of alkyl halides is 5. The van der Waals surface area contributed by atoms with Crippen LogP contribution in [0.5, 0.6) is 0 Å². The van der Waals surface area contributed by atoms with Crippen LogP contribution in [-0.4, -0.2) is 42.6 Å². The van der Waals surface area contributed by atoms with Crippen LogP contribution in [0.1, 0.15) is 5.56 Å². The van der Waals surface area contributed by atoms with E-state index in [2.05, 4.69) is 10.6 Å². The number of hydrogen-bond donors (Lipinski definition) is 2. The Morgan fingerprint density at radius 1 is 1.00 bits per heavy atom. The summed E-state index contributed by atoms with van der Waals surface area (Å²) in [5.41, 5.74) is -0.763. The van der Waals surface area contributed by atoms with Crippen LogP contribution in [0.15, 0.2) is 47.4 Å². The van der Waals surface area contributed by atoms with Gasteiger partial charge in [-0.15, -0.1) is 0 Å². The molecule has 0 aliphatic carbocycles. The Kier molecular flexibility index (Phi) is 8.66. The van der Waals surface area contributed by atoms with Crippen molar-refractivity contribution in [2.45, 2.75) is 16.8 Å². The van der Waals surface area contributed by atoms with Gasteiger partial charge in [-0.3, -0.25) is 14.5 Å². The summed E-state index contributed by atoms with van der Waals surface area (Å²) in [7, 11) is 1.48. The number of carbonyl (C=O) groups excluding carboxylic acids is 2. The number of hydrogen-bond acceptors (Lipinski definition) is 4. The van der Waals surface area contributed by atoms with Gasteiger partial charge in [-0.05, 0) is 49.5 Å². The summed E-state index contributed by atoms with van der Waals surface area (Å²) in [5, 5.41) is 4.39. The summed E-state index contributed by atoms with van der Waals surface area (Å²) in [4.78, 5) is 25.8. The first kappa shape index (κ1) is 24.9. The molecule has 2 aromatic carbocycles. The van der Waals surface area contributed by atoms with Gasteiger partial charge in [0, 0.05) is 16.3 Å². The third-order valence-corrected chi connectivity index (χ3v) is 4.80. The van der Waals surface area contributed by atoms with Crippen molar-refractivity contribution in [2.75, 3.05) is 30.8 Å². The molecule has 0 fully saturated rings. The third-order valence-electron chi connectivity index (χ3n) is 3.75. The first-order chi connectivity index (χ1) is 14.4. The highest BCUT2D eigenvalue weighted by Gasteiger charge is 2.33. The Bertz CT molecular complexity index is 926. The lowest BCUT2D eigenvalue weighted by Gasteiger charge is -2.17. The van der Waals surface area contributed by atoms with Gasteiger partial charge in [0.05, 0.1) is 23.7 Å². The number of thioether (sulfide) groups is 1. The molecule has 0 saturated carbocycles. The molecule has 0 radical (unpaired) electrons. The fourth-order valence-electron chi connectivity index (χ4n) is 2.49. The first-order valence-electron chi connectivity index (χ1n) is 8.64. The Morgan fingerprint density at radius 2 is 1.52 bits per heavy atom. The number of halogens is 6. The molecule has 0 aliphatic heterocycles. The molecular weight excluding hydrogens is 465 g/mol. The molecule has 0 aliphatic rings. The average molecular weight is 482 g/mol. The highest BCUT2D eigenvalue weighted by molar-refractivity contribution is 7.99. The lowest BCUT2D eigenvalue weighted by molar-refractivity contribution is -0.137. The van der Waals surface area contributed by atoms with E-state index in [1.165, 1.54) is 42.3 Å². The predicted molar refractivity (Wildman–Crippen MR) is 110 cm³/mol. The van der Waals surface area contributed by atoms with E-state index in [1.54, 1.807) is 0 Å². The zero-order valence-electron chi connectivity index (χ0n) is 16.0. The number of benzene rings is 2. The monoisotopic (exact) mass is 481 g/mol. The van der Waals surface area contributed by atoms with Gasteiger partial charge in [-0.2, -0.15) is 22.0 Å². The molecule has 0 bridgehead atoms. The zero-order chi connectivity index (χ0) is 23.2. The number of amides is 2. The molecule has 5 nitrogen and oxygen atoms in total. The van der Waals surface area contributed by atoms with Gasteiger partial charge < -0.3 is 10.6 Å². The van der Waals surface area contributed by atoms with Gasteiger partial charge in [0.1, 0.15) is 0 Å². The molecule has 0 atom stereocenters. The highest BCUT2D eigenvalue weighted by Crippen LogP contribution is 2.36. The van der Waals surface area contributed by atoms with E-state index in [0.717, 1.165) is 12.1 Å². The molecule has 0 aromatic heterocycles. The Balaban J connectivity index is 1.86. The molecular formula is C19H17ClF5N3O2S. The second-order valence-corrected chi connectivity index (χ2v) is 7.83. The van der Waals surface area contributed by atoms with E-state index in [9.17, 15) is 31.5 Å². The summed E-state index contributed by atoms with van der Waals surface area (Å²) >= 11 is 5.91. The van der Waals surface area contributed by atoms with Gasteiger partial charge in [-0.25, -0.2) is 0 Å². The van der Waals surface area contributed by atoms with Crippen LogP contribution in [0, 0.1) is 0 Å². The fraction of sp³-hybridized carbons (Fsp3) is 0.263. The minimum absolute atomic E-state index is 0.0821. The standard InChI is InChI=1S/C19H17ClF5N3O2S/c1-28(9-16(29)26-11-2-5-13(6-3-11)31-18(21)22)10-17(30)27-12-4-7-15(20)14(8-12)19(23,24)25/h2-8,18H,9-10H2,1H3,(H,26,29)(H,27,30). The predicted octanol–water partition coefficient (Wildman–Crippen LogP) is 5.18. The average Bonchev–Trinajstić information content (AvgIpc) is 2.63. The fourth-order valence-corrected chi connectivity index (χ4v) is 3.21. The number of likely N-dealkylation sites (N-methyl/N-ethyl adjacent to an activating group) is 1. The number of nitrogens with zero attached hydrogens (tertiary/aromatic N) is 1. The van der Waals surface area contributed by atoms with Crippen molar-refractivity contribution in [3.63, 3.8) is 0 Å². The second-order valence-electron chi connectivity index (χ2n) is 6.36. The van der Waals surface area contributed by atoms with E-state index in [1.807, 2.05) is 0 Å². The summed E-state index contributed by atoms with van der Waals surface area (Å²) in [5.74, 6) is -3.64. The van der Waals surface area contributed by atoms with E-state index in [-0.39, 0.29) is 18.8 Å². The molecule has 31 heavy (non-hydrogen) atoms. The van der Waals surface area contributed by atoms with E-state index in [0.29, 0.717) is 22.3 Å². The van der Waals surface area contributed by atoms with Crippen LogP contribution in [-0.2, 0) is 15.8 Å². The number of rotatable bonds is 8. The zero-order valence-corrected chi connectivity index (χ0v) is 17.5. The van der Waals surface area contributed by atoms with E-state index < -0.39 is 34.3 Å². The maximum atomic E-state index is 12.9. The van der Waals surface area contributed by atoms with E-state index in [4.69, 9.17) is 11.6 Å². The van der Waals surface area contributed by atoms with Crippen molar-refractivity contribution in [2.24, 2.45) is 0 Å². The minimum Gasteiger partial charge on any atom is -0.325 e. The summed E-state index contributed by atoms with van der Waals surface area (Å²) in [6.45, 7) is -0.448. The third kappa shape index (κ3) is 8.35. The highest BCUT2D eigenvalue weighted by atomic mass is 35.5. The topological polar surface area (TPSA) is 61.4 Å². The summed E-state index contributed by atoms with van der Waals surface area (Å²) in [6, 6.07) is 8.79. The van der Waals surface area contributed by atoms with Crippen LogP contribution >= 0.6 is 23.4 Å². The Morgan fingerprint density at radius 3 is 2.03 bits per heavy atom. The SMILES string of the molecule is CN(CC(=O)Nc1ccc(SC(F)F)cc1)CC(=O)Nc1ccc(Cl)c(C(F)(F)F)c1. The van der Waals surface area contributed by atoms with Gasteiger partial charge in [0.15, 0.2) is 0 Å². The van der Waals surface area contributed by atoms with Crippen LogP contribution in [0.25, 0.3) is 0 Å². The smallest absolute Gasteiger partial charge is 0.325 e. The van der Waals surface area contributed by atoms with Crippen molar-refractivity contribution < 1.29 is 31.5 Å². The lowest BCUT2D eigenvalue weighted by Crippen LogP contribution is -2.36. The van der Waals surface area contributed by atoms with Gasteiger partial charge in [-0.1, -0.05) is 23.4 Å². The number of anilines is 2. The van der Waals surface area contributed by atoms with Crippen molar-refractivity contribution in [1.29, 1.82) is 0 Å². The number of carbonyl (C=O) groups is 2. The summed E-state index contributed by atoms with van der Waals surface area (Å²) in [6.07, 6.45) is -4.66. The molecule has 0 saturated heterocycles. The largest absolute Gasteiger partial charge is 0.417 e. The van der Waals surface area contributed by atoms with Crippen LogP contribution in [0.3, 0.4) is 0 Å². The van der Waals surface area contributed by atoms with Crippen molar-refractivity contribution >= 4 is 46.6 Å². The maximum Gasteiger partial charge on any atom is 0.417 e. The molecule has 2 amide bonds. The molecule has 2 N–H and O–H groups in total. The van der Waals surface area contributed by atoms with Gasteiger partial charge >= 0.3 is 6.18 Å². The Labute approximate surface area is 183 Å². The Hall–Kier alpha value is -2.37. The van der Waals surface area contributed by atoms with Crippen molar-refractivity contribution in [1.82, 2.24) is 4.90 Å². The molecule has 0 unspecified atom stereocenters. The normalized spacial score (nSPS) is 11.6. The van der Waals surface area contributed by atoms with Crippen LogP contribution < -0.4 is 10.6 Å². The van der Waals surface area contributed by atoms with Crippen molar-refractivity contribution in [3.8, 4) is 0 Å². The minimum atomic E-state index is -4.66. The molecule has 2 rings (SSSR count). The quantitative estimate of drug-likeness (QED) is 0.403. The molecule has 0 heterocycles. The molecule has 0 spiro atoms. The maximum absolute atomic E-state index is 12.9. The van der Waals surface area contributed by atoms with Crippen LogP contribution in [0.2, 0.25) is 5.02 Å². The molecule has 168 valence electrons. The van der Waals surface area contributed by atoms with Gasteiger partial charge in [0.2, 0.25) is 11.8 Å². The van der Waals surface area contributed by atoms with E-state index >= 15 is 0 Å². The van der Waals surface area contributed by atoms with Gasteiger partial charge in [0.25, 0.3) is 5.76 Å². The molecule has 2 aromatic rings. The first-order valence-corrected chi connectivity index (χ1v) is 9.89. The van der Waals surface area contributed by atoms with Crippen molar-refractivity contribution in [3.05, 3.63) is 53.1 Å². The number of nitrogens with one attached hydrogen (secondary N) is 2. The lowest BCUT2D eigenvalue weighted by atomic mass is 10.2. The summed E-state index contributed by atoms with van der Waals surface area (Å²) < 4.78 is 63.3. The second kappa shape index (κ2) is 10.8. The van der Waals surface area contributed by atoms with Crippen LogP contribution in [0.4, 0.5) is 33.3 Å². The molecule has 12 heteroatoms.